The summed E-state index contributed by atoms with van der Waals surface area (Å²) in [6.07, 6.45) is 0.400. The first-order chi connectivity index (χ1) is 9.22. The van der Waals surface area contributed by atoms with Crippen molar-refractivity contribution in [2.75, 3.05) is 12.5 Å². The van der Waals surface area contributed by atoms with Gasteiger partial charge in [-0.05, 0) is 24.3 Å². The van der Waals surface area contributed by atoms with Crippen LogP contribution in [0, 0.1) is 0 Å². The minimum absolute atomic E-state index is 0.322. The first kappa shape index (κ1) is 15.3. The van der Waals surface area contributed by atoms with Crippen molar-refractivity contribution in [3.8, 4) is 11.5 Å². The lowest BCUT2D eigenvalue weighted by Crippen LogP contribution is -1.80. The van der Waals surface area contributed by atoms with Gasteiger partial charge in [-0.3, -0.25) is 0 Å². The molecule has 0 saturated carbocycles. The molecular formula is C15H17ClO3. The predicted molar refractivity (Wildman–Crippen MR) is 76.7 cm³/mol. The van der Waals surface area contributed by atoms with Crippen LogP contribution >= 0.6 is 11.6 Å². The van der Waals surface area contributed by atoms with Gasteiger partial charge in [-0.15, -0.1) is 11.6 Å². The Morgan fingerprint density at radius 2 is 1.26 bits per heavy atom. The largest absolute Gasteiger partial charge is 0.508 e. The molecule has 102 valence electrons. The van der Waals surface area contributed by atoms with Crippen molar-refractivity contribution in [3.05, 3.63) is 60.7 Å². The molecule has 0 bridgehead atoms. The van der Waals surface area contributed by atoms with Crippen LogP contribution in [-0.4, -0.2) is 28.8 Å². The lowest BCUT2D eigenvalue weighted by atomic mass is 10.3. The summed E-state index contributed by atoms with van der Waals surface area (Å²) < 4.78 is 4.73. The van der Waals surface area contributed by atoms with Crippen molar-refractivity contribution in [1.29, 1.82) is 0 Å². The molecular weight excluding hydrogens is 264 g/mol. The summed E-state index contributed by atoms with van der Waals surface area (Å²) in [5, 5.41) is 17.3. The Labute approximate surface area is 118 Å². The van der Waals surface area contributed by atoms with E-state index >= 15 is 0 Å². The van der Waals surface area contributed by atoms with Crippen LogP contribution in [0.5, 0.6) is 11.5 Å². The van der Waals surface area contributed by atoms with Gasteiger partial charge in [-0.25, -0.2) is 0 Å². The highest BCUT2D eigenvalue weighted by molar-refractivity contribution is 6.18. The fraction of sp³-hybridized carbons (Fsp3) is 0.200. The number of phenolic OH excluding ortho intramolecular Hbond substituents is 2. The number of halogens is 1. The highest BCUT2D eigenvalue weighted by Gasteiger charge is 2.19. The zero-order chi connectivity index (χ0) is 13.9. The smallest absolute Gasteiger partial charge is 0.115 e. The summed E-state index contributed by atoms with van der Waals surface area (Å²) in [5.41, 5.74) is 0. The van der Waals surface area contributed by atoms with E-state index in [0.29, 0.717) is 23.5 Å². The molecule has 0 amide bonds. The second kappa shape index (κ2) is 9.25. The van der Waals surface area contributed by atoms with Crippen LogP contribution in [0.15, 0.2) is 60.7 Å². The first-order valence-electron chi connectivity index (χ1n) is 5.88. The number of aromatic hydroxyl groups is 2. The standard InChI is InChI=1S/2C6H6O.C3H5ClO/c2*7-6-4-2-1-3-5-6;4-1-3-2-5-3/h2*1-5,7H;3H,1-2H2. The number of ether oxygens (including phenoxy) is 1. The lowest BCUT2D eigenvalue weighted by Gasteiger charge is -1.82. The Balaban J connectivity index is 0.000000145. The Morgan fingerprint density at radius 3 is 1.37 bits per heavy atom. The van der Waals surface area contributed by atoms with Crippen molar-refractivity contribution in [2.45, 2.75) is 6.10 Å². The van der Waals surface area contributed by atoms with E-state index in [2.05, 4.69) is 0 Å². The van der Waals surface area contributed by atoms with Crippen LogP contribution in [0.25, 0.3) is 0 Å². The molecule has 1 aliphatic heterocycles. The second-order valence-electron chi connectivity index (χ2n) is 3.78. The monoisotopic (exact) mass is 280 g/mol. The van der Waals surface area contributed by atoms with E-state index in [9.17, 15) is 0 Å². The highest BCUT2D eigenvalue weighted by Crippen LogP contribution is 2.08. The van der Waals surface area contributed by atoms with Crippen LogP contribution in [0.2, 0.25) is 0 Å². The molecule has 2 aromatic rings. The third-order valence-electron chi connectivity index (χ3n) is 2.09. The van der Waals surface area contributed by atoms with E-state index < -0.39 is 0 Å². The quantitative estimate of drug-likeness (QED) is 0.622. The van der Waals surface area contributed by atoms with Crippen LogP contribution in [0.3, 0.4) is 0 Å². The van der Waals surface area contributed by atoms with Gasteiger partial charge in [0.1, 0.15) is 11.5 Å². The van der Waals surface area contributed by atoms with Crippen molar-refractivity contribution in [3.63, 3.8) is 0 Å². The maximum absolute atomic E-state index is 8.63. The van der Waals surface area contributed by atoms with Crippen molar-refractivity contribution < 1.29 is 14.9 Å². The van der Waals surface area contributed by atoms with Crippen molar-refractivity contribution >= 4 is 11.6 Å². The maximum atomic E-state index is 8.63. The fourth-order valence-corrected chi connectivity index (χ4v) is 1.19. The van der Waals surface area contributed by atoms with Gasteiger partial charge in [0.2, 0.25) is 0 Å². The molecule has 0 spiro atoms. The van der Waals surface area contributed by atoms with Gasteiger partial charge in [0.25, 0.3) is 0 Å². The van der Waals surface area contributed by atoms with Crippen LogP contribution in [0.1, 0.15) is 0 Å². The second-order valence-corrected chi connectivity index (χ2v) is 4.09. The number of benzene rings is 2. The van der Waals surface area contributed by atoms with Crippen LogP contribution in [-0.2, 0) is 4.74 Å². The third kappa shape index (κ3) is 8.94. The molecule has 1 atom stereocenters. The summed E-state index contributed by atoms with van der Waals surface area (Å²) in [5.74, 6) is 1.31. The number of epoxide rings is 1. The third-order valence-corrected chi connectivity index (χ3v) is 2.43. The van der Waals surface area contributed by atoms with E-state index in [1.54, 1.807) is 48.5 Å². The minimum atomic E-state index is 0.322. The zero-order valence-electron chi connectivity index (χ0n) is 10.4. The molecule has 0 aromatic heterocycles. The first-order valence-corrected chi connectivity index (χ1v) is 6.41. The summed E-state index contributed by atoms with van der Waals surface area (Å²) in [6.45, 7) is 0.878. The molecule has 1 heterocycles. The lowest BCUT2D eigenvalue weighted by molar-refractivity contribution is 0.425. The molecule has 1 aliphatic rings. The Morgan fingerprint density at radius 1 is 0.895 bits per heavy atom. The number of rotatable bonds is 1. The van der Waals surface area contributed by atoms with Crippen molar-refractivity contribution in [2.24, 2.45) is 0 Å². The Kier molecular flexibility index (Phi) is 7.47. The molecule has 2 N–H and O–H groups in total. The molecule has 3 nitrogen and oxygen atoms in total. The van der Waals surface area contributed by atoms with Crippen LogP contribution < -0.4 is 0 Å². The van der Waals surface area contributed by atoms with Gasteiger partial charge in [0, 0.05) is 0 Å². The van der Waals surface area contributed by atoms with Gasteiger partial charge in [-0.2, -0.15) is 0 Å². The normalized spacial score (nSPS) is 15.3. The summed E-state index contributed by atoms with van der Waals surface area (Å²) >= 11 is 5.27. The molecule has 19 heavy (non-hydrogen) atoms. The molecule has 2 aromatic carbocycles. The average molecular weight is 281 g/mol. The number of alkyl halides is 1. The summed E-state index contributed by atoms with van der Waals surface area (Å²) in [7, 11) is 0. The SMILES string of the molecule is ClCC1CO1.Oc1ccccc1.Oc1ccccc1. The minimum Gasteiger partial charge on any atom is -0.508 e. The van der Waals surface area contributed by atoms with Gasteiger partial charge >= 0.3 is 0 Å². The van der Waals surface area contributed by atoms with Gasteiger partial charge < -0.3 is 14.9 Å². The number of hydrogen-bond donors (Lipinski definition) is 2. The summed E-state index contributed by atoms with van der Waals surface area (Å²) in [4.78, 5) is 0. The Hall–Kier alpha value is -1.71. The Bertz CT molecular complexity index is 392. The van der Waals surface area contributed by atoms with Gasteiger partial charge in [0.05, 0.1) is 18.6 Å². The number of hydrogen-bond acceptors (Lipinski definition) is 3. The molecule has 1 unspecified atom stereocenters. The fourth-order valence-electron chi connectivity index (χ4n) is 1.01. The number of phenols is 2. The maximum Gasteiger partial charge on any atom is 0.115 e. The van der Waals surface area contributed by atoms with Crippen LogP contribution in [0.4, 0.5) is 0 Å². The molecule has 4 heteroatoms. The molecule has 3 rings (SSSR count). The molecule has 1 saturated heterocycles. The molecule has 1 fully saturated rings. The number of para-hydroxylation sites is 2. The van der Waals surface area contributed by atoms with E-state index in [-0.39, 0.29) is 0 Å². The zero-order valence-corrected chi connectivity index (χ0v) is 11.2. The summed E-state index contributed by atoms with van der Waals surface area (Å²) in [6, 6.07) is 17.4. The van der Waals surface area contributed by atoms with Gasteiger partial charge in [-0.1, -0.05) is 36.4 Å². The van der Waals surface area contributed by atoms with E-state index in [1.165, 1.54) is 0 Å². The van der Waals surface area contributed by atoms with Gasteiger partial charge in [0.15, 0.2) is 0 Å². The molecule has 0 radical (unpaired) electrons. The highest BCUT2D eigenvalue weighted by atomic mass is 35.5. The predicted octanol–water partition coefficient (Wildman–Crippen LogP) is 3.41. The average Bonchev–Trinajstić information content (AvgIpc) is 3.26. The van der Waals surface area contributed by atoms with E-state index in [0.717, 1.165) is 6.61 Å². The van der Waals surface area contributed by atoms with E-state index in [4.69, 9.17) is 26.6 Å². The topological polar surface area (TPSA) is 53.0 Å². The molecule has 0 aliphatic carbocycles. The van der Waals surface area contributed by atoms with Crippen molar-refractivity contribution in [1.82, 2.24) is 0 Å². The van der Waals surface area contributed by atoms with E-state index in [1.807, 2.05) is 12.1 Å².